The van der Waals surface area contributed by atoms with Crippen LogP contribution in [0.2, 0.25) is 0 Å². The van der Waals surface area contributed by atoms with Gasteiger partial charge in [-0.2, -0.15) is 0 Å². The van der Waals surface area contributed by atoms with E-state index in [0.29, 0.717) is 17.1 Å². The van der Waals surface area contributed by atoms with Crippen molar-refractivity contribution in [1.29, 1.82) is 0 Å². The minimum Gasteiger partial charge on any atom is -0.483 e. The van der Waals surface area contributed by atoms with Gasteiger partial charge < -0.3 is 15.0 Å². The Balaban J connectivity index is 1.03. The normalized spacial score (nSPS) is 26.8. The molecular weight excluding hydrogens is 710 g/mol. The zero-order valence-electron chi connectivity index (χ0n) is 25.3. The molecule has 48 heavy (non-hydrogen) atoms. The number of amides is 3. The lowest BCUT2D eigenvalue weighted by atomic mass is 9.68. The van der Waals surface area contributed by atoms with Gasteiger partial charge in [-0.15, -0.1) is 11.8 Å². The third-order valence-corrected chi connectivity index (χ3v) is 13.6. The Morgan fingerprint density at radius 1 is 0.896 bits per heavy atom. The van der Waals surface area contributed by atoms with Gasteiger partial charge in [0, 0.05) is 37.2 Å². The highest BCUT2D eigenvalue weighted by Crippen LogP contribution is 2.69. The lowest BCUT2D eigenvalue weighted by Crippen LogP contribution is -2.42. The summed E-state index contributed by atoms with van der Waals surface area (Å²) in [5.41, 5.74) is 2.19. The number of nitrogens with zero attached hydrogens (tertiary/aromatic N) is 1. The quantitative estimate of drug-likeness (QED) is 0.181. The number of hydrogen-bond acceptors (Lipinski definition) is 7. The Bertz CT molecular complexity index is 2190. The summed E-state index contributed by atoms with van der Waals surface area (Å²) in [4.78, 5) is 59.2. The van der Waals surface area contributed by atoms with E-state index < -0.39 is 5.92 Å². The van der Waals surface area contributed by atoms with Gasteiger partial charge in [0.25, 0.3) is 5.91 Å². The maximum Gasteiger partial charge on any atom is 0.305 e. The van der Waals surface area contributed by atoms with E-state index >= 15 is 0 Å². The Kier molecular flexibility index (Phi) is 7.14. The number of carbonyl (C=O) groups is 3. The van der Waals surface area contributed by atoms with Crippen LogP contribution in [-0.2, 0) is 14.4 Å². The van der Waals surface area contributed by atoms with Gasteiger partial charge in [0.15, 0.2) is 6.61 Å². The van der Waals surface area contributed by atoms with E-state index in [4.69, 9.17) is 4.74 Å². The fourth-order valence-electron chi connectivity index (χ4n) is 8.74. The molecule has 2 bridgehead atoms. The molecule has 0 spiro atoms. The van der Waals surface area contributed by atoms with Gasteiger partial charge in [-0.05, 0) is 66.0 Å². The molecule has 240 valence electrons. The van der Waals surface area contributed by atoms with Gasteiger partial charge in [-0.25, -0.2) is 0 Å². The standard InChI is InChI=1S/C37H28BrN3O5S2/c38-19-12-14-20(15-13-19)41-35(43)30-23-16-24(31(30)36(41)44)32-29(23)28(33-34(47-32)40-37(45)48-33)22-9-3-4-11-26(22)46-17-27(42)39-25-10-5-7-18-6-1-2-8-21(18)25/h1-15,23-24,28-32H,16-17H2,(H,39,42)(H,40,45)/t23-,24-,28+,29-,30+,31+,32-/m1/s1. The maximum atomic E-state index is 14.1. The lowest BCUT2D eigenvalue weighted by Gasteiger charge is -2.43. The number of benzene rings is 4. The van der Waals surface area contributed by atoms with Crippen LogP contribution in [0.3, 0.4) is 0 Å². The smallest absolute Gasteiger partial charge is 0.305 e. The zero-order chi connectivity index (χ0) is 32.7. The van der Waals surface area contributed by atoms with Crippen molar-refractivity contribution in [1.82, 2.24) is 4.98 Å². The maximum absolute atomic E-state index is 14.1. The van der Waals surface area contributed by atoms with Crippen molar-refractivity contribution in [2.75, 3.05) is 16.8 Å². The molecule has 3 fully saturated rings. The van der Waals surface area contributed by atoms with Crippen LogP contribution in [0.25, 0.3) is 10.8 Å². The highest BCUT2D eigenvalue weighted by atomic mass is 79.9. The number of halogens is 1. The number of carbonyl (C=O) groups excluding carboxylic acids is 3. The molecule has 2 saturated carbocycles. The van der Waals surface area contributed by atoms with Crippen LogP contribution in [0, 0.1) is 29.6 Å². The number of thiazole rings is 1. The second kappa shape index (κ2) is 11.5. The Labute approximate surface area is 292 Å². The average molecular weight is 739 g/mol. The molecular formula is C37H28BrN3O5S2. The van der Waals surface area contributed by atoms with Gasteiger partial charge in [-0.3, -0.25) is 24.1 Å². The topological polar surface area (TPSA) is 109 Å². The first-order chi connectivity index (χ1) is 23.4. The Hall–Kier alpha value is -4.19. The second-order valence-electron chi connectivity index (χ2n) is 12.9. The molecule has 9 rings (SSSR count). The summed E-state index contributed by atoms with van der Waals surface area (Å²) < 4.78 is 7.14. The monoisotopic (exact) mass is 737 g/mol. The van der Waals surface area contributed by atoms with E-state index in [1.54, 1.807) is 23.9 Å². The molecule has 0 unspecified atom stereocenters. The summed E-state index contributed by atoms with van der Waals surface area (Å²) in [6, 6.07) is 28.6. The lowest BCUT2D eigenvalue weighted by molar-refractivity contribution is -0.123. The van der Waals surface area contributed by atoms with Gasteiger partial charge in [0.2, 0.25) is 11.8 Å². The van der Waals surface area contributed by atoms with Crippen molar-refractivity contribution in [3.05, 3.63) is 116 Å². The third kappa shape index (κ3) is 4.62. The van der Waals surface area contributed by atoms with Crippen LogP contribution < -0.4 is 19.8 Å². The number of ether oxygens (including phenoxy) is 1. The molecule has 0 radical (unpaired) electrons. The van der Waals surface area contributed by atoms with Crippen LogP contribution >= 0.6 is 39.0 Å². The van der Waals surface area contributed by atoms with Crippen LogP contribution in [-0.4, -0.2) is 34.6 Å². The summed E-state index contributed by atoms with van der Waals surface area (Å²) in [7, 11) is 0. The van der Waals surface area contributed by atoms with Crippen LogP contribution in [0.15, 0.2) is 105 Å². The van der Waals surface area contributed by atoms with Gasteiger partial charge in [-0.1, -0.05) is 81.9 Å². The number of rotatable bonds is 6. The largest absolute Gasteiger partial charge is 0.483 e. The molecule has 2 N–H and O–H groups in total. The summed E-state index contributed by atoms with van der Waals surface area (Å²) >= 11 is 6.29. The molecule has 3 amide bonds. The zero-order valence-corrected chi connectivity index (χ0v) is 28.5. The first-order valence-corrected chi connectivity index (χ1v) is 18.4. The number of aromatic amines is 1. The van der Waals surface area contributed by atoms with Crippen molar-refractivity contribution in [2.45, 2.75) is 22.6 Å². The summed E-state index contributed by atoms with van der Waals surface area (Å²) in [6.07, 6.45) is 0.787. The third-order valence-electron chi connectivity index (χ3n) is 10.5. The van der Waals surface area contributed by atoms with Crippen molar-refractivity contribution >= 4 is 78.9 Å². The number of nitrogens with one attached hydrogen (secondary N) is 2. The molecule has 8 nitrogen and oxygen atoms in total. The number of H-pyrrole nitrogens is 1. The van der Waals surface area contributed by atoms with E-state index in [1.807, 2.05) is 78.9 Å². The number of anilines is 2. The van der Waals surface area contributed by atoms with Crippen LogP contribution in [0.5, 0.6) is 5.75 Å². The fourth-order valence-corrected chi connectivity index (χ4v) is 11.9. The molecule has 3 heterocycles. The van der Waals surface area contributed by atoms with Gasteiger partial charge >= 0.3 is 4.87 Å². The van der Waals surface area contributed by atoms with E-state index in [9.17, 15) is 19.2 Å². The van der Waals surface area contributed by atoms with E-state index in [0.717, 1.165) is 37.1 Å². The number of aromatic nitrogens is 1. The summed E-state index contributed by atoms with van der Waals surface area (Å²) in [5.74, 6) is -1.01. The summed E-state index contributed by atoms with van der Waals surface area (Å²) in [6.45, 7) is -0.197. The molecule has 1 aromatic heterocycles. The summed E-state index contributed by atoms with van der Waals surface area (Å²) in [5, 5.41) is 5.85. The predicted molar refractivity (Wildman–Crippen MR) is 190 cm³/mol. The number of imide groups is 1. The van der Waals surface area contributed by atoms with Gasteiger partial charge in [0.05, 0.1) is 22.5 Å². The SMILES string of the molecule is O=C(COc1ccccc1[C@@H]1c2sc(=O)[nH]c2S[C@@H]2[C@@H]3C[C@@H]([C@@H]4C(=O)N(c5ccc(Br)cc5)C(=O)[C@@H]34)[C@H]12)Nc1cccc2ccccc12. The van der Waals surface area contributed by atoms with Crippen molar-refractivity contribution in [2.24, 2.45) is 29.6 Å². The predicted octanol–water partition coefficient (Wildman–Crippen LogP) is 7.05. The highest BCUT2D eigenvalue weighted by Gasteiger charge is 2.69. The first-order valence-electron chi connectivity index (χ1n) is 15.9. The molecule has 1 saturated heterocycles. The molecule has 11 heteroatoms. The number of para-hydroxylation sites is 1. The van der Waals surface area contributed by atoms with E-state index in [1.165, 1.54) is 16.2 Å². The number of fused-ring (bicyclic) bond motifs is 10. The molecule has 2 aliphatic carbocycles. The Morgan fingerprint density at radius 3 is 2.46 bits per heavy atom. The van der Waals surface area contributed by atoms with Crippen molar-refractivity contribution in [3.8, 4) is 5.75 Å². The van der Waals surface area contributed by atoms with E-state index in [-0.39, 0.29) is 64.0 Å². The highest BCUT2D eigenvalue weighted by molar-refractivity contribution is 9.10. The van der Waals surface area contributed by atoms with Crippen LogP contribution in [0.4, 0.5) is 11.4 Å². The minimum absolute atomic E-state index is 0.00510. The average Bonchev–Trinajstić information content (AvgIpc) is 3.83. The number of thioether (sulfide) groups is 1. The molecule has 2 aliphatic heterocycles. The second-order valence-corrected chi connectivity index (χ2v) is 16.0. The van der Waals surface area contributed by atoms with E-state index in [2.05, 4.69) is 26.2 Å². The number of hydrogen-bond donors (Lipinski definition) is 2. The molecule has 4 aliphatic rings. The van der Waals surface area contributed by atoms with Crippen molar-refractivity contribution in [3.63, 3.8) is 0 Å². The molecule has 7 atom stereocenters. The molecule has 4 aromatic carbocycles. The molecule has 5 aromatic rings. The van der Waals surface area contributed by atoms with Crippen molar-refractivity contribution < 1.29 is 19.1 Å². The Morgan fingerprint density at radius 2 is 1.62 bits per heavy atom. The van der Waals surface area contributed by atoms with Gasteiger partial charge in [0.1, 0.15) is 5.75 Å². The minimum atomic E-state index is -0.410. The van der Waals surface area contributed by atoms with Crippen LogP contribution in [0.1, 0.15) is 22.8 Å². The first kappa shape index (κ1) is 29.9. The fraction of sp³-hybridized carbons (Fsp3) is 0.243.